The Balaban J connectivity index is 1.51. The second-order valence-electron chi connectivity index (χ2n) is 6.56. The number of halogens is 1. The molecule has 0 radical (unpaired) electrons. The summed E-state index contributed by atoms with van der Waals surface area (Å²) in [5, 5.41) is 0.727. The first-order chi connectivity index (χ1) is 11.7. The van der Waals surface area contributed by atoms with Crippen LogP contribution in [0.3, 0.4) is 0 Å². The predicted octanol–water partition coefficient (Wildman–Crippen LogP) is 2.98. The molecule has 0 aliphatic carbocycles. The molecule has 2 atom stereocenters. The highest BCUT2D eigenvalue weighted by Crippen LogP contribution is 2.44. The van der Waals surface area contributed by atoms with E-state index in [2.05, 4.69) is 25.9 Å². The third-order valence-corrected chi connectivity index (χ3v) is 5.26. The van der Waals surface area contributed by atoms with E-state index in [0.717, 1.165) is 35.8 Å². The quantitative estimate of drug-likeness (QED) is 0.834. The molecule has 2 aliphatic rings. The lowest BCUT2D eigenvalue weighted by Gasteiger charge is -2.35. The lowest BCUT2D eigenvalue weighted by molar-refractivity contribution is 0.166. The summed E-state index contributed by atoms with van der Waals surface area (Å²) in [5.41, 5.74) is 3.68. The number of hydrogen-bond donors (Lipinski definition) is 0. The molecule has 0 amide bonds. The molecule has 4 heterocycles. The molecular formula is C18H21ClN4O. The normalized spacial score (nSPS) is 22.6. The number of nitrogens with zero attached hydrogens (tertiary/aromatic N) is 4. The molecule has 0 aromatic carbocycles. The summed E-state index contributed by atoms with van der Waals surface area (Å²) in [4.78, 5) is 16.0. The van der Waals surface area contributed by atoms with Crippen LogP contribution < -0.4 is 0 Å². The Kier molecular flexibility index (Phi) is 4.48. The van der Waals surface area contributed by atoms with Crippen molar-refractivity contribution in [3.8, 4) is 0 Å². The largest absolute Gasteiger partial charge is 0.384 e. The molecule has 5 nitrogen and oxygen atoms in total. The molecule has 6 heteroatoms. The standard InChI is InChI=1S/C18H21ClN4O/c1-24-5-4-18-21-8-12(9-22-18)11-23-14-2-3-17(23)15-6-13(19)10-20-16(15)7-14/h6,8-10,14,17H,2-5,7,11H2,1H3. The molecule has 24 heavy (non-hydrogen) atoms. The molecule has 2 aromatic rings. The average molecular weight is 345 g/mol. The van der Waals surface area contributed by atoms with Crippen molar-refractivity contribution in [2.75, 3.05) is 13.7 Å². The highest BCUT2D eigenvalue weighted by Gasteiger charge is 2.40. The van der Waals surface area contributed by atoms with E-state index in [0.29, 0.717) is 18.7 Å². The Bertz CT molecular complexity index is 721. The lowest BCUT2D eigenvalue weighted by atomic mass is 9.97. The Morgan fingerprint density at radius 2 is 2.04 bits per heavy atom. The minimum atomic E-state index is 0.415. The number of aromatic nitrogens is 3. The second-order valence-corrected chi connectivity index (χ2v) is 7.00. The van der Waals surface area contributed by atoms with Gasteiger partial charge in [-0.15, -0.1) is 0 Å². The first kappa shape index (κ1) is 15.9. The minimum absolute atomic E-state index is 0.415. The van der Waals surface area contributed by atoms with Crippen molar-refractivity contribution in [1.29, 1.82) is 0 Å². The van der Waals surface area contributed by atoms with Crippen LogP contribution in [0, 0.1) is 0 Å². The Hall–Kier alpha value is -1.56. The van der Waals surface area contributed by atoms with E-state index in [9.17, 15) is 0 Å². The van der Waals surface area contributed by atoms with Crippen LogP contribution in [-0.4, -0.2) is 39.6 Å². The van der Waals surface area contributed by atoms with Crippen molar-refractivity contribution < 1.29 is 4.74 Å². The molecule has 2 bridgehead atoms. The van der Waals surface area contributed by atoms with Gasteiger partial charge in [-0.3, -0.25) is 9.88 Å². The van der Waals surface area contributed by atoms with Gasteiger partial charge in [-0.2, -0.15) is 0 Å². The maximum absolute atomic E-state index is 6.17. The van der Waals surface area contributed by atoms with Gasteiger partial charge in [0, 0.05) is 68.4 Å². The number of pyridine rings is 1. The zero-order valence-corrected chi connectivity index (χ0v) is 14.5. The molecule has 4 rings (SSSR count). The molecule has 0 N–H and O–H groups in total. The summed E-state index contributed by atoms with van der Waals surface area (Å²) in [6, 6.07) is 3.07. The average Bonchev–Trinajstić information content (AvgIpc) is 2.88. The molecule has 1 fully saturated rings. The van der Waals surface area contributed by atoms with Gasteiger partial charge >= 0.3 is 0 Å². The summed E-state index contributed by atoms with van der Waals surface area (Å²) < 4.78 is 5.07. The highest BCUT2D eigenvalue weighted by molar-refractivity contribution is 6.30. The van der Waals surface area contributed by atoms with Crippen LogP contribution in [0.2, 0.25) is 5.02 Å². The molecule has 2 aliphatic heterocycles. The van der Waals surface area contributed by atoms with Crippen molar-refractivity contribution in [2.24, 2.45) is 0 Å². The van der Waals surface area contributed by atoms with Crippen LogP contribution in [0.15, 0.2) is 24.7 Å². The van der Waals surface area contributed by atoms with Gasteiger partial charge in [0.1, 0.15) is 5.82 Å². The fourth-order valence-corrected chi connectivity index (χ4v) is 4.06. The van der Waals surface area contributed by atoms with Gasteiger partial charge in [0.2, 0.25) is 0 Å². The zero-order valence-electron chi connectivity index (χ0n) is 13.8. The van der Waals surface area contributed by atoms with Crippen molar-refractivity contribution in [3.05, 3.63) is 52.3 Å². The molecule has 1 saturated heterocycles. The van der Waals surface area contributed by atoms with E-state index in [-0.39, 0.29) is 0 Å². The van der Waals surface area contributed by atoms with Crippen molar-refractivity contribution >= 4 is 11.6 Å². The first-order valence-corrected chi connectivity index (χ1v) is 8.81. The van der Waals surface area contributed by atoms with Crippen LogP contribution in [0.4, 0.5) is 0 Å². The van der Waals surface area contributed by atoms with Crippen molar-refractivity contribution in [2.45, 2.75) is 44.3 Å². The number of hydrogen-bond acceptors (Lipinski definition) is 5. The van der Waals surface area contributed by atoms with Crippen LogP contribution in [0.5, 0.6) is 0 Å². The fourth-order valence-electron chi connectivity index (χ4n) is 3.89. The SMILES string of the molecule is COCCc1ncc(CN2C3CCC2c2cc(Cl)cnc2C3)cn1. The minimum Gasteiger partial charge on any atom is -0.384 e. The molecule has 2 aromatic heterocycles. The predicted molar refractivity (Wildman–Crippen MR) is 91.9 cm³/mol. The molecule has 126 valence electrons. The fraction of sp³-hybridized carbons (Fsp3) is 0.500. The molecule has 0 saturated carbocycles. The van der Waals surface area contributed by atoms with Gasteiger partial charge in [-0.25, -0.2) is 9.97 Å². The zero-order chi connectivity index (χ0) is 16.5. The second kappa shape index (κ2) is 6.75. The van der Waals surface area contributed by atoms with Gasteiger partial charge in [0.15, 0.2) is 0 Å². The molecular weight excluding hydrogens is 324 g/mol. The summed E-state index contributed by atoms with van der Waals surface area (Å²) >= 11 is 6.17. The number of methoxy groups -OCH3 is 1. The van der Waals surface area contributed by atoms with Crippen LogP contribution in [-0.2, 0) is 24.1 Å². The van der Waals surface area contributed by atoms with E-state index in [1.807, 2.05) is 12.4 Å². The molecule has 0 spiro atoms. The van der Waals surface area contributed by atoms with E-state index in [1.165, 1.54) is 24.1 Å². The third-order valence-electron chi connectivity index (χ3n) is 5.05. The van der Waals surface area contributed by atoms with Gasteiger partial charge in [-0.1, -0.05) is 11.6 Å². The van der Waals surface area contributed by atoms with Crippen LogP contribution >= 0.6 is 11.6 Å². The van der Waals surface area contributed by atoms with Crippen molar-refractivity contribution in [3.63, 3.8) is 0 Å². The van der Waals surface area contributed by atoms with Gasteiger partial charge < -0.3 is 4.74 Å². The lowest BCUT2D eigenvalue weighted by Crippen LogP contribution is -2.37. The van der Waals surface area contributed by atoms with Crippen LogP contribution in [0.25, 0.3) is 0 Å². The smallest absolute Gasteiger partial charge is 0.130 e. The maximum atomic E-state index is 6.17. The van der Waals surface area contributed by atoms with E-state index in [1.54, 1.807) is 13.3 Å². The van der Waals surface area contributed by atoms with E-state index in [4.69, 9.17) is 16.3 Å². The summed E-state index contributed by atoms with van der Waals surface area (Å²) in [6.07, 6.45) is 9.81. The third kappa shape index (κ3) is 3.04. The van der Waals surface area contributed by atoms with Gasteiger partial charge in [-0.05, 0) is 24.5 Å². The number of rotatable bonds is 5. The summed E-state index contributed by atoms with van der Waals surface area (Å²) in [7, 11) is 1.69. The molecule has 2 unspecified atom stereocenters. The number of ether oxygens (including phenoxy) is 1. The topological polar surface area (TPSA) is 51.1 Å². The maximum Gasteiger partial charge on any atom is 0.130 e. The van der Waals surface area contributed by atoms with E-state index < -0.39 is 0 Å². The summed E-state index contributed by atoms with van der Waals surface area (Å²) in [5.74, 6) is 0.837. The van der Waals surface area contributed by atoms with E-state index >= 15 is 0 Å². The highest BCUT2D eigenvalue weighted by atomic mass is 35.5. The van der Waals surface area contributed by atoms with Gasteiger partial charge in [0.25, 0.3) is 0 Å². The van der Waals surface area contributed by atoms with Gasteiger partial charge in [0.05, 0.1) is 11.6 Å². The van der Waals surface area contributed by atoms with Crippen LogP contribution in [0.1, 0.15) is 41.5 Å². The number of fused-ring (bicyclic) bond motifs is 4. The first-order valence-electron chi connectivity index (χ1n) is 8.43. The Morgan fingerprint density at radius 3 is 2.83 bits per heavy atom. The monoisotopic (exact) mass is 344 g/mol. The Morgan fingerprint density at radius 1 is 1.21 bits per heavy atom. The Labute approximate surface area is 147 Å². The van der Waals surface area contributed by atoms with Crippen molar-refractivity contribution in [1.82, 2.24) is 19.9 Å². The summed E-state index contributed by atoms with van der Waals surface area (Å²) in [6.45, 7) is 1.53.